The Labute approximate surface area is 294 Å². The molecule has 3 aromatic carbocycles. The van der Waals surface area contributed by atoms with Crippen LogP contribution in [-0.4, -0.2) is 71.6 Å². The van der Waals surface area contributed by atoms with E-state index >= 15 is 0 Å². The van der Waals surface area contributed by atoms with E-state index in [9.17, 15) is 20.4 Å². The van der Waals surface area contributed by atoms with Gasteiger partial charge in [-0.25, -0.2) is 4.79 Å². The number of aromatic nitrogens is 1. The summed E-state index contributed by atoms with van der Waals surface area (Å²) in [4.78, 5) is 16.1. The number of carbonyl (C=O) groups is 1. The fourth-order valence-corrected chi connectivity index (χ4v) is 5.28. The number of aliphatic hydroxyl groups is 3. The van der Waals surface area contributed by atoms with E-state index in [1.807, 2.05) is 49.4 Å². The number of carbonyl (C=O) groups excluding carboxylic acids is 1. The van der Waals surface area contributed by atoms with Gasteiger partial charge in [-0.15, -0.1) is 0 Å². The predicted molar refractivity (Wildman–Crippen MR) is 184 cm³/mol. The molecule has 14 nitrogen and oxygen atoms in total. The predicted octanol–water partition coefficient (Wildman–Crippen LogP) is 2.79. The number of benzene rings is 3. The van der Waals surface area contributed by atoms with Gasteiger partial charge in [0.05, 0.1) is 24.3 Å². The van der Waals surface area contributed by atoms with Crippen molar-refractivity contribution in [2.24, 2.45) is 0 Å². The maximum Gasteiger partial charge on any atom is 0.317 e. The second-order valence-corrected chi connectivity index (χ2v) is 11.7. The molecule has 0 spiro atoms. The second-order valence-electron chi connectivity index (χ2n) is 11.7. The van der Waals surface area contributed by atoms with Crippen molar-refractivity contribution in [1.29, 1.82) is 10.5 Å². The third kappa shape index (κ3) is 9.42. The van der Waals surface area contributed by atoms with Crippen LogP contribution in [0.5, 0.6) is 23.0 Å². The molecule has 14 heteroatoms. The highest BCUT2D eigenvalue weighted by atomic mass is 16.6. The molecule has 0 atom stereocenters. The largest absolute Gasteiger partial charge is 0.488 e. The molecular weight excluding hydrogens is 656 g/mol. The third-order valence-electron chi connectivity index (χ3n) is 7.95. The van der Waals surface area contributed by atoms with E-state index in [0.29, 0.717) is 71.6 Å². The average molecular weight is 695 g/mol. The minimum Gasteiger partial charge on any atom is -0.488 e. The first-order valence-corrected chi connectivity index (χ1v) is 16.1. The van der Waals surface area contributed by atoms with Gasteiger partial charge in [0, 0.05) is 54.8 Å². The van der Waals surface area contributed by atoms with Gasteiger partial charge in [-0.05, 0) is 47.9 Å². The summed E-state index contributed by atoms with van der Waals surface area (Å²) in [5.74, 6) is 2.36. The lowest BCUT2D eigenvalue weighted by molar-refractivity contribution is -0.0700. The van der Waals surface area contributed by atoms with Gasteiger partial charge in [-0.1, -0.05) is 24.3 Å². The Hall–Kier alpha value is -5.90. The molecule has 0 fully saturated rings. The summed E-state index contributed by atoms with van der Waals surface area (Å²) in [7, 11) is 0. The molecule has 1 aliphatic rings. The van der Waals surface area contributed by atoms with E-state index < -0.39 is 25.0 Å². The minimum absolute atomic E-state index is 0.114. The van der Waals surface area contributed by atoms with Crippen molar-refractivity contribution in [3.05, 3.63) is 100 Å². The number of nitriles is 2. The van der Waals surface area contributed by atoms with Crippen molar-refractivity contribution in [2.75, 3.05) is 39.5 Å². The summed E-state index contributed by atoms with van der Waals surface area (Å²) in [5, 5.41) is 55.5. The van der Waals surface area contributed by atoms with Crippen LogP contribution in [0, 0.1) is 29.6 Å². The monoisotopic (exact) mass is 694 g/mol. The number of hydrogen-bond donors (Lipinski definition) is 6. The highest BCUT2D eigenvalue weighted by Crippen LogP contribution is 2.37. The second kappa shape index (κ2) is 17.2. The minimum atomic E-state index is -2.13. The summed E-state index contributed by atoms with van der Waals surface area (Å²) >= 11 is 0. The highest BCUT2D eigenvalue weighted by molar-refractivity contribution is 5.75. The number of nitrogens with zero attached hydrogens (tertiary/aromatic N) is 3. The average Bonchev–Trinajstić information content (AvgIpc) is 3.16. The van der Waals surface area contributed by atoms with Crippen molar-refractivity contribution in [1.82, 2.24) is 20.9 Å². The molecule has 0 aliphatic carbocycles. The Kier molecular flexibility index (Phi) is 12.2. The molecule has 0 unspecified atom stereocenters. The molecule has 1 aliphatic heterocycles. The van der Waals surface area contributed by atoms with Crippen molar-refractivity contribution >= 4 is 6.03 Å². The number of pyridine rings is 1. The van der Waals surface area contributed by atoms with Gasteiger partial charge < -0.3 is 50.2 Å². The number of ether oxygens (including phenoxy) is 4. The fourth-order valence-electron chi connectivity index (χ4n) is 5.28. The van der Waals surface area contributed by atoms with Crippen LogP contribution in [0.3, 0.4) is 0 Å². The maximum atomic E-state index is 12.0. The summed E-state index contributed by atoms with van der Waals surface area (Å²) < 4.78 is 23.9. The molecule has 2 heterocycles. The Morgan fingerprint density at radius 1 is 0.922 bits per heavy atom. The van der Waals surface area contributed by atoms with Gasteiger partial charge in [0.2, 0.25) is 0 Å². The first kappa shape index (κ1) is 36.4. The smallest absolute Gasteiger partial charge is 0.317 e. The van der Waals surface area contributed by atoms with E-state index in [-0.39, 0.29) is 19.8 Å². The standard InChI is InChI=1S/C37H38N6O8/c1-24-11-29(19-40-7-8-42-36(46)43-37(47,22-44)23-45)34(50-20-26-12-25(15-38)17-41-18-26)14-33(24)51-21-28-3-2-4-30(31(28)16-39)27-5-6-32-35(13-27)49-10-9-48-32/h2-6,11-14,17-18,40,44-45,47H,7-10,19-23H2,1H3,(H2,42,43,46). The fraction of sp³-hybridized carbons (Fsp3) is 0.297. The molecule has 1 aromatic heterocycles. The molecule has 6 N–H and O–H groups in total. The van der Waals surface area contributed by atoms with Crippen molar-refractivity contribution < 1.29 is 39.1 Å². The first-order valence-electron chi connectivity index (χ1n) is 16.1. The number of nitrogens with one attached hydrogen (secondary N) is 3. The Bertz CT molecular complexity index is 1940. The van der Waals surface area contributed by atoms with Crippen LogP contribution in [0.1, 0.15) is 33.4 Å². The molecular formula is C37H38N6O8. The molecule has 0 bridgehead atoms. The number of aliphatic hydroxyl groups excluding tert-OH is 2. The van der Waals surface area contributed by atoms with Gasteiger partial charge in [0.1, 0.15) is 50.1 Å². The number of hydrogen-bond acceptors (Lipinski definition) is 12. The van der Waals surface area contributed by atoms with Crippen LogP contribution in [-0.2, 0) is 19.8 Å². The zero-order valence-electron chi connectivity index (χ0n) is 27.9. The molecule has 4 aromatic rings. The van der Waals surface area contributed by atoms with Gasteiger partial charge in [-0.3, -0.25) is 4.98 Å². The summed E-state index contributed by atoms with van der Waals surface area (Å²) in [6, 6.07) is 20.3. The number of amides is 2. The lowest BCUT2D eigenvalue weighted by Crippen LogP contribution is -2.57. The van der Waals surface area contributed by atoms with Crippen LogP contribution in [0.2, 0.25) is 0 Å². The van der Waals surface area contributed by atoms with Crippen molar-refractivity contribution in [3.8, 4) is 46.3 Å². The van der Waals surface area contributed by atoms with E-state index in [0.717, 1.165) is 22.3 Å². The molecule has 2 amide bonds. The van der Waals surface area contributed by atoms with Crippen LogP contribution in [0.25, 0.3) is 11.1 Å². The van der Waals surface area contributed by atoms with E-state index in [1.165, 1.54) is 6.20 Å². The maximum absolute atomic E-state index is 12.0. The Balaban J connectivity index is 1.30. The number of aryl methyl sites for hydroxylation is 1. The van der Waals surface area contributed by atoms with E-state index in [2.05, 4.69) is 33.1 Å². The zero-order chi connectivity index (χ0) is 36.2. The molecule has 51 heavy (non-hydrogen) atoms. The van der Waals surface area contributed by atoms with E-state index in [4.69, 9.17) is 29.2 Å². The summed E-state index contributed by atoms with van der Waals surface area (Å²) in [5.41, 5.74) is 3.34. The zero-order valence-corrected chi connectivity index (χ0v) is 27.9. The lowest BCUT2D eigenvalue weighted by atomic mass is 9.96. The van der Waals surface area contributed by atoms with Crippen LogP contribution in [0.4, 0.5) is 4.79 Å². The van der Waals surface area contributed by atoms with Gasteiger partial charge in [-0.2, -0.15) is 10.5 Å². The molecule has 264 valence electrons. The van der Waals surface area contributed by atoms with Crippen molar-refractivity contribution in [2.45, 2.75) is 32.4 Å². The molecule has 0 saturated carbocycles. The van der Waals surface area contributed by atoms with Crippen LogP contribution in [0.15, 0.2) is 67.0 Å². The Morgan fingerprint density at radius 3 is 2.47 bits per heavy atom. The van der Waals surface area contributed by atoms with Crippen LogP contribution >= 0.6 is 0 Å². The normalized spacial score (nSPS) is 12.0. The summed E-state index contributed by atoms with van der Waals surface area (Å²) in [6.45, 7) is 2.26. The number of rotatable bonds is 15. The third-order valence-corrected chi connectivity index (χ3v) is 7.95. The SMILES string of the molecule is Cc1cc(CNCCNC(=O)NC(O)(CO)CO)c(OCc2cncc(C#N)c2)cc1OCc1cccc(-c2ccc3c(c2)OCCO3)c1C#N. The van der Waals surface area contributed by atoms with Crippen LogP contribution < -0.4 is 34.9 Å². The Morgan fingerprint density at radius 2 is 1.71 bits per heavy atom. The quantitative estimate of drug-likeness (QED) is 0.0784. The molecule has 0 radical (unpaired) electrons. The highest BCUT2D eigenvalue weighted by Gasteiger charge is 2.27. The number of urea groups is 1. The van der Waals surface area contributed by atoms with Gasteiger partial charge in [0.25, 0.3) is 0 Å². The summed E-state index contributed by atoms with van der Waals surface area (Å²) in [6.07, 6.45) is 3.09. The van der Waals surface area contributed by atoms with Gasteiger partial charge in [0.15, 0.2) is 17.2 Å². The molecule has 5 rings (SSSR count). The lowest BCUT2D eigenvalue weighted by Gasteiger charge is -2.24. The van der Waals surface area contributed by atoms with Gasteiger partial charge >= 0.3 is 6.03 Å². The first-order chi connectivity index (χ1) is 24.7. The van der Waals surface area contributed by atoms with E-state index in [1.54, 1.807) is 18.3 Å². The number of fused-ring (bicyclic) bond motifs is 1. The topological polar surface area (TPSA) is 211 Å². The van der Waals surface area contributed by atoms with Crippen molar-refractivity contribution in [3.63, 3.8) is 0 Å². The molecule has 0 saturated heterocycles.